The molecule has 0 heterocycles. The summed E-state index contributed by atoms with van der Waals surface area (Å²) in [6, 6.07) is 1.06. The van der Waals surface area contributed by atoms with Gasteiger partial charge in [0.15, 0.2) is 0 Å². The van der Waals surface area contributed by atoms with Crippen molar-refractivity contribution in [2.24, 2.45) is 0 Å². The van der Waals surface area contributed by atoms with Crippen LogP contribution in [0, 0.1) is 0 Å². The molecule has 0 saturated heterocycles. The van der Waals surface area contributed by atoms with Crippen LogP contribution in [0.15, 0.2) is 0 Å². The van der Waals surface area contributed by atoms with E-state index in [0.717, 1.165) is 44.9 Å². The van der Waals surface area contributed by atoms with Crippen LogP contribution in [0.4, 0.5) is 0 Å². The van der Waals surface area contributed by atoms with E-state index in [9.17, 15) is 0 Å². The normalized spacial score (nSPS) is 13.1. The molecule has 0 spiro atoms. The molecule has 0 rings (SSSR count). The fourth-order valence-electron chi connectivity index (χ4n) is 2.34. The van der Waals surface area contributed by atoms with Crippen LogP contribution >= 0.6 is 0 Å². The van der Waals surface area contributed by atoms with Crippen molar-refractivity contribution < 1.29 is 8.85 Å². The van der Waals surface area contributed by atoms with Crippen molar-refractivity contribution in [2.45, 2.75) is 78.3 Å². The summed E-state index contributed by atoms with van der Waals surface area (Å²) in [5.74, 6) is 0. The van der Waals surface area contributed by atoms with Crippen LogP contribution in [0.2, 0.25) is 11.1 Å². The van der Waals surface area contributed by atoms with E-state index in [1.807, 2.05) is 0 Å². The van der Waals surface area contributed by atoms with E-state index in [-0.39, 0.29) is 5.04 Å². The molecule has 0 aromatic carbocycles. The van der Waals surface area contributed by atoms with Gasteiger partial charge in [-0.3, -0.25) is 0 Å². The molecule has 3 heteroatoms. The highest BCUT2D eigenvalue weighted by atomic mass is 28.4. The fraction of sp³-hybridized carbons (Fsp3) is 1.00. The minimum atomic E-state index is -2.07. The van der Waals surface area contributed by atoms with Crippen LogP contribution in [-0.4, -0.2) is 21.8 Å². The van der Waals surface area contributed by atoms with Crippen LogP contribution in [0.1, 0.15) is 67.2 Å². The van der Waals surface area contributed by atoms with Crippen LogP contribution in [-0.2, 0) is 8.85 Å². The maximum atomic E-state index is 6.29. The van der Waals surface area contributed by atoms with Crippen LogP contribution in [0.5, 0.6) is 0 Å². The van der Waals surface area contributed by atoms with Gasteiger partial charge in [-0.15, -0.1) is 0 Å². The average molecular weight is 260 g/mol. The second-order valence-electron chi connectivity index (χ2n) is 5.07. The largest absolute Gasteiger partial charge is 0.394 e. The molecular weight excluding hydrogens is 228 g/mol. The Balaban J connectivity index is 4.99. The van der Waals surface area contributed by atoms with Crippen molar-refractivity contribution in [1.29, 1.82) is 0 Å². The molecule has 0 atom stereocenters. The van der Waals surface area contributed by atoms with E-state index in [2.05, 4.69) is 41.5 Å². The summed E-state index contributed by atoms with van der Waals surface area (Å²) >= 11 is 0. The van der Waals surface area contributed by atoms with Gasteiger partial charge in [-0.2, -0.15) is 0 Å². The molecule has 0 bridgehead atoms. The lowest BCUT2D eigenvalue weighted by atomic mass is 10.1. The summed E-state index contributed by atoms with van der Waals surface area (Å²) in [7, 11) is -2.07. The third kappa shape index (κ3) is 4.07. The maximum absolute atomic E-state index is 6.29. The number of hydrogen-bond donors (Lipinski definition) is 0. The predicted octanol–water partition coefficient (Wildman–Crippen LogP) is 4.88. The smallest absolute Gasteiger partial charge is 0.343 e. The molecule has 0 fully saturated rings. The molecule has 2 nitrogen and oxygen atoms in total. The van der Waals surface area contributed by atoms with Gasteiger partial charge in [0.1, 0.15) is 0 Å². The van der Waals surface area contributed by atoms with Gasteiger partial charge in [0.25, 0.3) is 0 Å². The van der Waals surface area contributed by atoms with E-state index in [0.29, 0.717) is 0 Å². The Labute approximate surface area is 109 Å². The van der Waals surface area contributed by atoms with Crippen LogP contribution in [0.3, 0.4) is 0 Å². The summed E-state index contributed by atoms with van der Waals surface area (Å²) in [6.45, 7) is 15.2. The first-order valence-electron chi connectivity index (χ1n) is 7.33. The van der Waals surface area contributed by atoms with Crippen molar-refractivity contribution in [3.63, 3.8) is 0 Å². The summed E-state index contributed by atoms with van der Waals surface area (Å²) in [4.78, 5) is 0. The second kappa shape index (κ2) is 8.28. The standard InChI is InChI=1S/C14H32O2Si/c1-7-12-15-17(11-5,16-13-8-2)14(6,9-3)10-4/h7-13H2,1-6H3. The summed E-state index contributed by atoms with van der Waals surface area (Å²) in [5.41, 5.74) is 0. The lowest BCUT2D eigenvalue weighted by Gasteiger charge is -2.44. The zero-order valence-corrected chi connectivity index (χ0v) is 13.8. The topological polar surface area (TPSA) is 18.5 Å². The van der Waals surface area contributed by atoms with Gasteiger partial charge < -0.3 is 8.85 Å². The van der Waals surface area contributed by atoms with Crippen molar-refractivity contribution >= 4 is 8.56 Å². The molecule has 0 unspecified atom stereocenters. The monoisotopic (exact) mass is 260 g/mol. The Morgan fingerprint density at radius 2 is 1.24 bits per heavy atom. The van der Waals surface area contributed by atoms with Crippen LogP contribution in [0.25, 0.3) is 0 Å². The molecule has 0 aliphatic carbocycles. The van der Waals surface area contributed by atoms with Crippen molar-refractivity contribution in [1.82, 2.24) is 0 Å². The Hall–Kier alpha value is 0.137. The first-order chi connectivity index (χ1) is 8.05. The van der Waals surface area contributed by atoms with E-state index in [1.54, 1.807) is 0 Å². The molecular formula is C14H32O2Si. The number of hydrogen-bond acceptors (Lipinski definition) is 2. The molecule has 0 N–H and O–H groups in total. The van der Waals surface area contributed by atoms with Gasteiger partial charge in [-0.25, -0.2) is 0 Å². The molecule has 104 valence electrons. The Morgan fingerprint density at radius 1 is 0.824 bits per heavy atom. The van der Waals surface area contributed by atoms with Crippen molar-refractivity contribution in [3.05, 3.63) is 0 Å². The highest BCUT2D eigenvalue weighted by molar-refractivity contribution is 6.70. The van der Waals surface area contributed by atoms with E-state index < -0.39 is 8.56 Å². The summed E-state index contributed by atoms with van der Waals surface area (Å²) in [6.07, 6.45) is 4.45. The molecule has 17 heavy (non-hydrogen) atoms. The van der Waals surface area contributed by atoms with Gasteiger partial charge in [-0.05, 0) is 31.7 Å². The molecule has 0 aromatic rings. The lowest BCUT2D eigenvalue weighted by molar-refractivity contribution is 0.139. The quantitative estimate of drug-likeness (QED) is 0.521. The van der Waals surface area contributed by atoms with Gasteiger partial charge in [0.2, 0.25) is 0 Å². The molecule has 0 amide bonds. The van der Waals surface area contributed by atoms with Crippen molar-refractivity contribution in [2.75, 3.05) is 13.2 Å². The Bertz CT molecular complexity index is 183. The molecule has 0 aliphatic heterocycles. The molecule has 0 radical (unpaired) electrons. The summed E-state index contributed by atoms with van der Waals surface area (Å²) in [5, 5.41) is 0.242. The highest BCUT2D eigenvalue weighted by Gasteiger charge is 2.51. The predicted molar refractivity (Wildman–Crippen MR) is 77.7 cm³/mol. The van der Waals surface area contributed by atoms with Crippen LogP contribution < -0.4 is 0 Å². The third-order valence-corrected chi connectivity index (χ3v) is 8.84. The van der Waals surface area contributed by atoms with Gasteiger partial charge >= 0.3 is 8.56 Å². The van der Waals surface area contributed by atoms with E-state index in [1.165, 1.54) is 0 Å². The minimum absolute atomic E-state index is 0.242. The Morgan fingerprint density at radius 3 is 1.47 bits per heavy atom. The molecule has 0 saturated carbocycles. The maximum Gasteiger partial charge on any atom is 0.343 e. The highest BCUT2D eigenvalue weighted by Crippen LogP contribution is 2.47. The SMILES string of the molecule is CCCO[Si](CC)(OCCC)C(C)(CC)CC. The Kier molecular flexibility index (Phi) is 8.34. The second-order valence-corrected chi connectivity index (χ2v) is 9.07. The van der Waals surface area contributed by atoms with E-state index in [4.69, 9.17) is 8.85 Å². The van der Waals surface area contributed by atoms with Gasteiger partial charge in [0, 0.05) is 18.3 Å². The third-order valence-electron chi connectivity index (χ3n) is 4.02. The number of rotatable bonds is 10. The minimum Gasteiger partial charge on any atom is -0.394 e. The zero-order valence-electron chi connectivity index (χ0n) is 12.8. The van der Waals surface area contributed by atoms with Gasteiger partial charge in [-0.1, -0.05) is 41.5 Å². The van der Waals surface area contributed by atoms with E-state index >= 15 is 0 Å². The molecule has 0 aliphatic rings. The fourth-order valence-corrected chi connectivity index (χ4v) is 6.53. The summed E-state index contributed by atoms with van der Waals surface area (Å²) < 4.78 is 12.6. The average Bonchev–Trinajstić information content (AvgIpc) is 2.38. The molecule has 0 aromatic heterocycles. The first kappa shape index (κ1) is 17.1. The first-order valence-corrected chi connectivity index (χ1v) is 9.36. The van der Waals surface area contributed by atoms with Crippen molar-refractivity contribution in [3.8, 4) is 0 Å². The zero-order chi connectivity index (χ0) is 13.4. The van der Waals surface area contributed by atoms with Gasteiger partial charge in [0.05, 0.1) is 0 Å². The lowest BCUT2D eigenvalue weighted by Crippen LogP contribution is -2.52.